The number of fused-ring (bicyclic) bond motifs is 1. The molecular formula is C13H20N4. The summed E-state index contributed by atoms with van der Waals surface area (Å²) in [5.41, 5.74) is 1.43. The first kappa shape index (κ1) is 11.1. The van der Waals surface area contributed by atoms with Crippen LogP contribution in [0.3, 0.4) is 0 Å². The molecule has 1 saturated heterocycles. The molecule has 17 heavy (non-hydrogen) atoms. The van der Waals surface area contributed by atoms with Crippen molar-refractivity contribution in [3.8, 4) is 0 Å². The molecule has 3 rings (SSSR count). The molecule has 1 aliphatic heterocycles. The SMILES string of the molecule is Cc1cnc(CNC23CCCC2NCC3)nc1. The number of hydrogen-bond acceptors (Lipinski definition) is 4. The molecule has 2 N–H and O–H groups in total. The highest BCUT2D eigenvalue weighted by Gasteiger charge is 2.45. The third-order valence-electron chi connectivity index (χ3n) is 4.18. The van der Waals surface area contributed by atoms with Gasteiger partial charge in [-0.15, -0.1) is 0 Å². The van der Waals surface area contributed by atoms with Gasteiger partial charge in [0.15, 0.2) is 0 Å². The van der Waals surface area contributed by atoms with Gasteiger partial charge in [-0.3, -0.25) is 0 Å². The van der Waals surface area contributed by atoms with Crippen molar-refractivity contribution in [3.63, 3.8) is 0 Å². The molecule has 0 spiro atoms. The molecule has 4 heteroatoms. The van der Waals surface area contributed by atoms with Crippen LogP contribution in [0.5, 0.6) is 0 Å². The largest absolute Gasteiger partial charge is 0.312 e. The van der Waals surface area contributed by atoms with Gasteiger partial charge in [0.1, 0.15) is 5.82 Å². The third-order valence-corrected chi connectivity index (χ3v) is 4.18. The van der Waals surface area contributed by atoms with E-state index in [1.54, 1.807) is 0 Å². The second kappa shape index (κ2) is 4.35. The van der Waals surface area contributed by atoms with E-state index in [4.69, 9.17) is 0 Å². The van der Waals surface area contributed by atoms with Crippen LogP contribution >= 0.6 is 0 Å². The molecule has 0 bridgehead atoms. The summed E-state index contributed by atoms with van der Waals surface area (Å²) in [5.74, 6) is 0.905. The molecule has 4 nitrogen and oxygen atoms in total. The highest BCUT2D eigenvalue weighted by molar-refractivity contribution is 5.09. The van der Waals surface area contributed by atoms with Crippen LogP contribution in [-0.2, 0) is 6.54 Å². The zero-order valence-corrected chi connectivity index (χ0v) is 10.4. The molecular weight excluding hydrogens is 212 g/mol. The molecule has 2 atom stereocenters. The average Bonchev–Trinajstić information content (AvgIpc) is 2.87. The van der Waals surface area contributed by atoms with E-state index in [1.807, 2.05) is 19.3 Å². The molecule has 1 saturated carbocycles. The summed E-state index contributed by atoms with van der Waals surface area (Å²) in [6, 6.07) is 0.660. The minimum atomic E-state index is 0.314. The zero-order chi connectivity index (χ0) is 11.7. The molecule has 2 unspecified atom stereocenters. The predicted molar refractivity (Wildman–Crippen MR) is 66.6 cm³/mol. The van der Waals surface area contributed by atoms with Gasteiger partial charge in [0.25, 0.3) is 0 Å². The first-order chi connectivity index (χ1) is 8.28. The summed E-state index contributed by atoms with van der Waals surface area (Å²) in [7, 11) is 0. The van der Waals surface area contributed by atoms with Crippen molar-refractivity contribution in [1.29, 1.82) is 0 Å². The van der Waals surface area contributed by atoms with E-state index in [2.05, 4.69) is 20.6 Å². The van der Waals surface area contributed by atoms with E-state index in [1.165, 1.54) is 25.7 Å². The van der Waals surface area contributed by atoms with E-state index in [-0.39, 0.29) is 0 Å². The Morgan fingerprint density at radius 3 is 3.06 bits per heavy atom. The minimum absolute atomic E-state index is 0.314. The van der Waals surface area contributed by atoms with Gasteiger partial charge in [-0.1, -0.05) is 0 Å². The molecule has 2 aliphatic rings. The van der Waals surface area contributed by atoms with Crippen molar-refractivity contribution in [1.82, 2.24) is 20.6 Å². The predicted octanol–water partition coefficient (Wildman–Crippen LogP) is 1.16. The molecule has 1 aromatic heterocycles. The quantitative estimate of drug-likeness (QED) is 0.821. The van der Waals surface area contributed by atoms with Crippen molar-refractivity contribution in [2.24, 2.45) is 0 Å². The molecule has 2 fully saturated rings. The number of rotatable bonds is 3. The first-order valence-corrected chi connectivity index (χ1v) is 6.54. The molecule has 0 amide bonds. The van der Waals surface area contributed by atoms with Crippen molar-refractivity contribution in [3.05, 3.63) is 23.8 Å². The Labute approximate surface area is 102 Å². The Balaban J connectivity index is 1.65. The smallest absolute Gasteiger partial charge is 0.141 e. The standard InChI is InChI=1S/C13H20N4/c1-10-7-15-12(16-8-10)9-17-13-4-2-3-11(13)14-6-5-13/h7-8,11,14,17H,2-6,9H2,1H3. The third kappa shape index (κ3) is 2.07. The van der Waals surface area contributed by atoms with Gasteiger partial charge < -0.3 is 10.6 Å². The summed E-state index contributed by atoms with van der Waals surface area (Å²) < 4.78 is 0. The normalized spacial score (nSPS) is 31.7. The molecule has 1 aliphatic carbocycles. The van der Waals surface area contributed by atoms with E-state index in [0.717, 1.165) is 24.5 Å². The molecule has 0 aromatic carbocycles. The lowest BCUT2D eigenvalue weighted by atomic mass is 9.93. The van der Waals surface area contributed by atoms with Crippen molar-refractivity contribution < 1.29 is 0 Å². The van der Waals surface area contributed by atoms with Crippen molar-refractivity contribution >= 4 is 0 Å². The van der Waals surface area contributed by atoms with E-state index < -0.39 is 0 Å². The van der Waals surface area contributed by atoms with Crippen LogP contribution in [0.2, 0.25) is 0 Å². The van der Waals surface area contributed by atoms with Crippen LogP contribution in [0.15, 0.2) is 12.4 Å². The van der Waals surface area contributed by atoms with Gasteiger partial charge in [-0.2, -0.15) is 0 Å². The second-order valence-corrected chi connectivity index (χ2v) is 5.34. The highest BCUT2D eigenvalue weighted by Crippen LogP contribution is 2.36. The number of aryl methyl sites for hydroxylation is 1. The maximum atomic E-state index is 4.36. The summed E-state index contributed by atoms with van der Waals surface area (Å²) in [4.78, 5) is 8.71. The fraction of sp³-hybridized carbons (Fsp3) is 0.692. The van der Waals surface area contributed by atoms with Crippen LogP contribution in [0, 0.1) is 6.92 Å². The maximum absolute atomic E-state index is 4.36. The second-order valence-electron chi connectivity index (χ2n) is 5.34. The summed E-state index contributed by atoms with van der Waals surface area (Å²) in [6.07, 6.45) is 8.95. The van der Waals surface area contributed by atoms with Gasteiger partial charge >= 0.3 is 0 Å². The molecule has 1 aromatic rings. The van der Waals surface area contributed by atoms with Crippen molar-refractivity contribution in [2.75, 3.05) is 6.54 Å². The van der Waals surface area contributed by atoms with Gasteiger partial charge in [0.2, 0.25) is 0 Å². The van der Waals surface area contributed by atoms with Crippen LogP contribution in [0.1, 0.15) is 37.1 Å². The Morgan fingerprint density at radius 1 is 1.41 bits per heavy atom. The molecule has 92 valence electrons. The highest BCUT2D eigenvalue weighted by atomic mass is 15.1. The Hall–Kier alpha value is -1.00. The van der Waals surface area contributed by atoms with Crippen LogP contribution < -0.4 is 10.6 Å². The van der Waals surface area contributed by atoms with E-state index in [9.17, 15) is 0 Å². The minimum Gasteiger partial charge on any atom is -0.312 e. The lowest BCUT2D eigenvalue weighted by Gasteiger charge is -2.30. The topological polar surface area (TPSA) is 49.8 Å². The number of nitrogens with zero attached hydrogens (tertiary/aromatic N) is 2. The lowest BCUT2D eigenvalue weighted by Crippen LogP contribution is -2.50. The Morgan fingerprint density at radius 2 is 2.24 bits per heavy atom. The van der Waals surface area contributed by atoms with E-state index in [0.29, 0.717) is 11.6 Å². The summed E-state index contributed by atoms with van der Waals surface area (Å²) >= 11 is 0. The molecule has 2 heterocycles. The maximum Gasteiger partial charge on any atom is 0.141 e. The summed E-state index contributed by atoms with van der Waals surface area (Å²) in [5, 5.41) is 7.31. The number of aromatic nitrogens is 2. The number of nitrogens with one attached hydrogen (secondary N) is 2. The monoisotopic (exact) mass is 232 g/mol. The zero-order valence-electron chi connectivity index (χ0n) is 10.4. The molecule has 0 radical (unpaired) electrons. The fourth-order valence-electron chi connectivity index (χ4n) is 3.20. The van der Waals surface area contributed by atoms with Crippen LogP contribution in [0.25, 0.3) is 0 Å². The fourth-order valence-corrected chi connectivity index (χ4v) is 3.20. The van der Waals surface area contributed by atoms with Gasteiger partial charge in [0.05, 0.1) is 6.54 Å². The Bertz CT molecular complexity index is 377. The van der Waals surface area contributed by atoms with Crippen LogP contribution in [0.4, 0.5) is 0 Å². The first-order valence-electron chi connectivity index (χ1n) is 6.54. The summed E-state index contributed by atoms with van der Waals surface area (Å²) in [6.45, 7) is 3.95. The van der Waals surface area contributed by atoms with Crippen molar-refractivity contribution in [2.45, 2.75) is 50.7 Å². The average molecular weight is 232 g/mol. The Kier molecular flexibility index (Phi) is 2.84. The van der Waals surface area contributed by atoms with Gasteiger partial charge in [-0.05, 0) is 44.7 Å². The lowest BCUT2D eigenvalue weighted by molar-refractivity contribution is 0.315. The van der Waals surface area contributed by atoms with Gasteiger partial charge in [-0.25, -0.2) is 9.97 Å². The number of hydrogen-bond donors (Lipinski definition) is 2. The van der Waals surface area contributed by atoms with Crippen LogP contribution in [-0.4, -0.2) is 28.1 Å². The van der Waals surface area contributed by atoms with E-state index >= 15 is 0 Å². The van der Waals surface area contributed by atoms with Gasteiger partial charge in [0, 0.05) is 24.0 Å².